The number of carboxylic acids is 1. The molecule has 1 fully saturated rings. The molecule has 5 nitrogen and oxygen atoms in total. The van der Waals surface area contributed by atoms with E-state index in [0.29, 0.717) is 13.0 Å². The zero-order valence-corrected chi connectivity index (χ0v) is 14.2. The Morgan fingerprint density at radius 1 is 1.33 bits per heavy atom. The van der Waals surface area contributed by atoms with Crippen LogP contribution < -0.4 is 4.90 Å². The van der Waals surface area contributed by atoms with E-state index < -0.39 is 5.97 Å². The fraction of sp³-hybridized carbons (Fsp3) is 0.579. The van der Waals surface area contributed by atoms with Crippen molar-refractivity contribution >= 4 is 17.6 Å². The van der Waals surface area contributed by atoms with Crippen LogP contribution in [-0.2, 0) is 27.2 Å². The molecule has 5 heteroatoms. The second kappa shape index (κ2) is 7.34. The predicted molar refractivity (Wildman–Crippen MR) is 91.3 cm³/mol. The molecule has 1 aromatic carbocycles. The fourth-order valence-electron chi connectivity index (χ4n) is 3.71. The lowest BCUT2D eigenvalue weighted by Gasteiger charge is -2.25. The second-order valence-corrected chi connectivity index (χ2v) is 6.83. The summed E-state index contributed by atoms with van der Waals surface area (Å²) in [7, 11) is 0. The van der Waals surface area contributed by atoms with Gasteiger partial charge in [-0.05, 0) is 62.6 Å². The number of amides is 1. The second-order valence-electron chi connectivity index (χ2n) is 6.83. The van der Waals surface area contributed by atoms with Crippen molar-refractivity contribution in [1.29, 1.82) is 0 Å². The summed E-state index contributed by atoms with van der Waals surface area (Å²) in [5.74, 6) is -0.644. The summed E-state index contributed by atoms with van der Waals surface area (Å²) in [4.78, 5) is 25.2. The van der Waals surface area contributed by atoms with Crippen molar-refractivity contribution < 1.29 is 19.4 Å². The number of aliphatic carboxylic acids is 1. The molecule has 0 saturated carbocycles. The molecule has 0 spiro atoms. The van der Waals surface area contributed by atoms with Gasteiger partial charge in [-0.3, -0.25) is 9.59 Å². The quantitative estimate of drug-likeness (QED) is 0.814. The van der Waals surface area contributed by atoms with E-state index in [1.54, 1.807) is 0 Å². The topological polar surface area (TPSA) is 66.8 Å². The predicted octanol–water partition coefficient (Wildman–Crippen LogP) is 2.94. The number of carbonyl (C=O) groups is 2. The number of unbranched alkanes of at least 4 members (excludes halogenated alkanes) is 1. The van der Waals surface area contributed by atoms with Crippen molar-refractivity contribution in [3.63, 3.8) is 0 Å². The molecule has 2 atom stereocenters. The Labute approximate surface area is 142 Å². The van der Waals surface area contributed by atoms with Crippen molar-refractivity contribution in [2.75, 3.05) is 11.5 Å². The molecule has 1 N–H and O–H groups in total. The third-order valence-electron chi connectivity index (χ3n) is 4.91. The molecule has 1 aromatic rings. The van der Waals surface area contributed by atoms with Crippen molar-refractivity contribution in [2.45, 2.75) is 64.0 Å². The van der Waals surface area contributed by atoms with E-state index in [4.69, 9.17) is 9.84 Å². The van der Waals surface area contributed by atoms with Gasteiger partial charge in [-0.2, -0.15) is 0 Å². The highest BCUT2D eigenvalue weighted by Crippen LogP contribution is 2.34. The van der Waals surface area contributed by atoms with Crippen LogP contribution in [0.15, 0.2) is 18.2 Å². The van der Waals surface area contributed by atoms with Crippen molar-refractivity contribution in [3.8, 4) is 0 Å². The maximum atomic E-state index is 12.7. The van der Waals surface area contributed by atoms with Crippen LogP contribution in [0.5, 0.6) is 0 Å². The molecular formula is C19H25NO4. The Hall–Kier alpha value is -1.88. The van der Waals surface area contributed by atoms with E-state index in [2.05, 4.69) is 19.1 Å². The molecule has 2 heterocycles. The molecule has 3 rings (SSSR count). The number of anilines is 1. The molecule has 0 bridgehead atoms. The number of fused-ring (bicyclic) bond motifs is 1. The Morgan fingerprint density at radius 3 is 2.88 bits per heavy atom. The number of hydrogen-bond acceptors (Lipinski definition) is 3. The lowest BCUT2D eigenvalue weighted by atomic mass is 10.0. The third-order valence-corrected chi connectivity index (χ3v) is 4.91. The number of rotatable bonds is 6. The van der Waals surface area contributed by atoms with Gasteiger partial charge in [-0.25, -0.2) is 0 Å². The van der Waals surface area contributed by atoms with Gasteiger partial charge in [-0.15, -0.1) is 0 Å². The van der Waals surface area contributed by atoms with Gasteiger partial charge in [0.2, 0.25) is 0 Å². The minimum atomic E-state index is -0.735. The van der Waals surface area contributed by atoms with Crippen LogP contribution in [-0.4, -0.2) is 35.7 Å². The van der Waals surface area contributed by atoms with Gasteiger partial charge in [0.05, 0.1) is 0 Å². The molecule has 0 aromatic heterocycles. The molecule has 2 unspecified atom stereocenters. The molecule has 0 radical (unpaired) electrons. The molecule has 1 amide bonds. The standard InChI is InChI=1S/C19H25NO4/c1-13-11-15-12-14(5-2-3-7-18(21)22)8-9-16(15)20(13)19(23)17-6-4-10-24-17/h8-9,12-13,17H,2-7,10-11H2,1H3,(H,21,22). The summed E-state index contributed by atoms with van der Waals surface area (Å²) in [6.45, 7) is 2.76. The first-order valence-electron chi connectivity index (χ1n) is 8.84. The maximum absolute atomic E-state index is 12.7. The minimum Gasteiger partial charge on any atom is -0.481 e. The summed E-state index contributed by atoms with van der Waals surface area (Å²) in [5.41, 5.74) is 3.44. The van der Waals surface area contributed by atoms with E-state index in [9.17, 15) is 9.59 Å². The Balaban J connectivity index is 1.66. The van der Waals surface area contributed by atoms with Gasteiger partial charge in [0, 0.05) is 24.8 Å². The SMILES string of the molecule is CC1Cc2cc(CCCCC(=O)O)ccc2N1C(=O)C1CCCO1. The lowest BCUT2D eigenvalue weighted by Crippen LogP contribution is -2.42. The first kappa shape index (κ1) is 17.0. The Kier molecular flexibility index (Phi) is 5.19. The largest absolute Gasteiger partial charge is 0.481 e. The summed E-state index contributed by atoms with van der Waals surface area (Å²) in [6, 6.07) is 6.44. The van der Waals surface area contributed by atoms with Crippen molar-refractivity contribution in [1.82, 2.24) is 0 Å². The lowest BCUT2D eigenvalue weighted by molar-refractivity contribution is -0.137. The zero-order valence-electron chi connectivity index (χ0n) is 14.2. The van der Waals surface area contributed by atoms with Crippen LogP contribution in [0.3, 0.4) is 0 Å². The first-order chi connectivity index (χ1) is 11.6. The normalized spacial score (nSPS) is 22.6. The number of aryl methyl sites for hydroxylation is 1. The van der Waals surface area contributed by atoms with Crippen LogP contribution in [0.1, 0.15) is 50.2 Å². The number of carboxylic acid groups (broad SMARTS) is 1. The van der Waals surface area contributed by atoms with Gasteiger partial charge in [0.1, 0.15) is 6.10 Å². The summed E-state index contributed by atoms with van der Waals surface area (Å²) < 4.78 is 5.56. The fourth-order valence-corrected chi connectivity index (χ4v) is 3.71. The molecule has 0 aliphatic carbocycles. The monoisotopic (exact) mass is 331 g/mol. The van der Waals surface area contributed by atoms with Gasteiger partial charge in [0.15, 0.2) is 0 Å². The van der Waals surface area contributed by atoms with Crippen molar-refractivity contribution in [2.24, 2.45) is 0 Å². The van der Waals surface area contributed by atoms with Gasteiger partial charge >= 0.3 is 5.97 Å². The van der Waals surface area contributed by atoms with Gasteiger partial charge in [-0.1, -0.05) is 12.1 Å². The van der Waals surface area contributed by atoms with Crippen LogP contribution in [0, 0.1) is 0 Å². The van der Waals surface area contributed by atoms with E-state index >= 15 is 0 Å². The van der Waals surface area contributed by atoms with Crippen molar-refractivity contribution in [3.05, 3.63) is 29.3 Å². The summed E-state index contributed by atoms with van der Waals surface area (Å²) in [6.07, 6.45) is 5.05. The van der Waals surface area contributed by atoms with Gasteiger partial charge < -0.3 is 14.7 Å². The number of hydrogen-bond donors (Lipinski definition) is 1. The highest BCUT2D eigenvalue weighted by atomic mass is 16.5. The van der Waals surface area contributed by atoms with E-state index in [0.717, 1.165) is 37.8 Å². The molecular weight excluding hydrogens is 306 g/mol. The van der Waals surface area contributed by atoms with E-state index in [1.807, 2.05) is 11.0 Å². The number of nitrogens with zero attached hydrogens (tertiary/aromatic N) is 1. The Bertz CT molecular complexity index is 622. The maximum Gasteiger partial charge on any atom is 0.303 e. The average Bonchev–Trinajstić information content (AvgIpc) is 3.17. The molecule has 1 saturated heterocycles. The highest BCUT2D eigenvalue weighted by molar-refractivity contribution is 5.99. The molecule has 130 valence electrons. The average molecular weight is 331 g/mol. The Morgan fingerprint density at radius 2 is 2.17 bits per heavy atom. The first-order valence-corrected chi connectivity index (χ1v) is 8.84. The van der Waals surface area contributed by atoms with Crippen LogP contribution in [0.2, 0.25) is 0 Å². The van der Waals surface area contributed by atoms with Crippen LogP contribution in [0.25, 0.3) is 0 Å². The molecule has 2 aliphatic rings. The van der Waals surface area contributed by atoms with E-state index in [-0.39, 0.29) is 24.5 Å². The molecule has 24 heavy (non-hydrogen) atoms. The summed E-state index contributed by atoms with van der Waals surface area (Å²) in [5, 5.41) is 8.69. The smallest absolute Gasteiger partial charge is 0.303 e. The van der Waals surface area contributed by atoms with E-state index in [1.165, 1.54) is 11.1 Å². The highest BCUT2D eigenvalue weighted by Gasteiger charge is 2.36. The number of carbonyl (C=O) groups excluding carboxylic acids is 1. The van der Waals surface area contributed by atoms with Gasteiger partial charge in [0.25, 0.3) is 5.91 Å². The number of ether oxygens (including phenoxy) is 1. The van der Waals surface area contributed by atoms with Crippen LogP contribution >= 0.6 is 0 Å². The number of benzene rings is 1. The minimum absolute atomic E-state index is 0.0907. The zero-order chi connectivity index (χ0) is 17.1. The van der Waals surface area contributed by atoms with Crippen LogP contribution in [0.4, 0.5) is 5.69 Å². The third kappa shape index (κ3) is 3.61. The summed E-state index contributed by atoms with van der Waals surface area (Å²) >= 11 is 0. The molecule has 2 aliphatic heterocycles.